The maximum absolute atomic E-state index is 11.2. The lowest BCUT2D eigenvalue weighted by Gasteiger charge is -2.26. The summed E-state index contributed by atoms with van der Waals surface area (Å²) >= 11 is 0. The molecule has 1 atom stereocenters. The van der Waals surface area contributed by atoms with Crippen LogP contribution < -0.4 is 11.1 Å². The van der Waals surface area contributed by atoms with Crippen LogP contribution in [0.5, 0.6) is 0 Å². The third-order valence-corrected chi connectivity index (χ3v) is 2.36. The highest BCUT2D eigenvalue weighted by Gasteiger charge is 2.13. The number of morpholine rings is 1. The average molecular weight is 217 g/mol. The number of aliphatic hydroxyl groups is 1. The van der Waals surface area contributed by atoms with E-state index in [1.54, 1.807) is 0 Å². The van der Waals surface area contributed by atoms with Crippen LogP contribution in [0.2, 0.25) is 0 Å². The van der Waals surface area contributed by atoms with Gasteiger partial charge in [0.2, 0.25) is 5.91 Å². The molecule has 4 N–H and O–H groups in total. The van der Waals surface area contributed by atoms with E-state index >= 15 is 0 Å². The van der Waals surface area contributed by atoms with Crippen molar-refractivity contribution in [2.24, 2.45) is 5.73 Å². The van der Waals surface area contributed by atoms with Gasteiger partial charge in [0.25, 0.3) is 0 Å². The average Bonchev–Trinajstić information content (AvgIpc) is 2.29. The first-order valence-electron chi connectivity index (χ1n) is 5.18. The minimum absolute atomic E-state index is 0.300. The molecule has 6 heteroatoms. The Hall–Kier alpha value is -0.690. The third kappa shape index (κ3) is 4.57. The highest BCUT2D eigenvalue weighted by Crippen LogP contribution is 1.94. The molecule has 0 aromatic carbocycles. The zero-order valence-corrected chi connectivity index (χ0v) is 8.82. The van der Waals surface area contributed by atoms with Crippen molar-refractivity contribution >= 4 is 5.91 Å². The summed E-state index contributed by atoms with van der Waals surface area (Å²) in [4.78, 5) is 13.4. The number of hydrogen-bond acceptors (Lipinski definition) is 5. The predicted octanol–water partition coefficient (Wildman–Crippen LogP) is -2.25. The third-order valence-electron chi connectivity index (χ3n) is 2.36. The van der Waals surface area contributed by atoms with Gasteiger partial charge in [-0.2, -0.15) is 0 Å². The second-order valence-electron chi connectivity index (χ2n) is 3.53. The lowest BCUT2D eigenvalue weighted by atomic mass is 10.3. The van der Waals surface area contributed by atoms with Gasteiger partial charge in [0.15, 0.2) is 0 Å². The highest BCUT2D eigenvalue weighted by atomic mass is 16.5. The lowest BCUT2D eigenvalue weighted by Crippen LogP contribution is -2.46. The van der Waals surface area contributed by atoms with Gasteiger partial charge in [-0.05, 0) is 0 Å². The van der Waals surface area contributed by atoms with Crippen molar-refractivity contribution in [1.29, 1.82) is 0 Å². The number of rotatable bonds is 5. The van der Waals surface area contributed by atoms with Crippen LogP contribution in [-0.2, 0) is 9.53 Å². The van der Waals surface area contributed by atoms with Gasteiger partial charge in [-0.3, -0.25) is 9.69 Å². The highest BCUT2D eigenvalue weighted by molar-refractivity contribution is 5.81. The van der Waals surface area contributed by atoms with Gasteiger partial charge >= 0.3 is 0 Å². The smallest absolute Gasteiger partial charge is 0.239 e. The van der Waals surface area contributed by atoms with E-state index in [4.69, 9.17) is 15.6 Å². The van der Waals surface area contributed by atoms with E-state index in [0.717, 1.165) is 32.8 Å². The van der Waals surface area contributed by atoms with Gasteiger partial charge in [-0.1, -0.05) is 0 Å². The van der Waals surface area contributed by atoms with E-state index in [1.165, 1.54) is 0 Å². The number of hydrogen-bond donors (Lipinski definition) is 3. The lowest BCUT2D eigenvalue weighted by molar-refractivity contribution is -0.123. The molecular weight excluding hydrogens is 198 g/mol. The van der Waals surface area contributed by atoms with E-state index in [2.05, 4.69) is 10.2 Å². The van der Waals surface area contributed by atoms with Gasteiger partial charge < -0.3 is 20.9 Å². The summed E-state index contributed by atoms with van der Waals surface area (Å²) in [6.45, 7) is 4.36. The molecule has 1 amide bonds. The summed E-state index contributed by atoms with van der Waals surface area (Å²) in [5.74, 6) is -0.300. The Labute approximate surface area is 89.4 Å². The van der Waals surface area contributed by atoms with Crippen molar-refractivity contribution in [2.75, 3.05) is 46.0 Å². The molecule has 88 valence electrons. The number of carbonyl (C=O) groups excluding carboxylic acids is 1. The fourth-order valence-electron chi connectivity index (χ4n) is 1.38. The Bertz CT molecular complexity index is 195. The molecule has 0 radical (unpaired) electrons. The Morgan fingerprint density at radius 1 is 1.53 bits per heavy atom. The molecule has 1 aliphatic rings. The van der Waals surface area contributed by atoms with Crippen LogP contribution in [0.4, 0.5) is 0 Å². The SMILES string of the molecule is NC(CO)C(=O)NCCN1CCOCC1. The topological polar surface area (TPSA) is 87.8 Å². The van der Waals surface area contributed by atoms with Crippen LogP contribution in [0, 0.1) is 0 Å². The number of aliphatic hydroxyl groups excluding tert-OH is 1. The molecule has 15 heavy (non-hydrogen) atoms. The number of nitrogens with one attached hydrogen (secondary N) is 1. The van der Waals surface area contributed by atoms with E-state index in [-0.39, 0.29) is 12.5 Å². The number of amides is 1. The maximum Gasteiger partial charge on any atom is 0.239 e. The molecule has 0 saturated carbocycles. The van der Waals surface area contributed by atoms with Crippen LogP contribution >= 0.6 is 0 Å². The quantitative estimate of drug-likeness (QED) is 0.484. The molecule has 0 aromatic rings. The van der Waals surface area contributed by atoms with Crippen molar-refractivity contribution < 1.29 is 14.6 Å². The second kappa shape index (κ2) is 6.73. The molecule has 1 unspecified atom stereocenters. The molecule has 1 heterocycles. The van der Waals surface area contributed by atoms with Crippen molar-refractivity contribution in [3.8, 4) is 0 Å². The minimum atomic E-state index is -0.810. The second-order valence-corrected chi connectivity index (χ2v) is 3.53. The molecule has 0 aromatic heterocycles. The number of ether oxygens (including phenoxy) is 1. The molecule has 1 fully saturated rings. The normalized spacial score (nSPS) is 19.9. The number of nitrogens with zero attached hydrogens (tertiary/aromatic N) is 1. The summed E-state index contributed by atoms with van der Waals surface area (Å²) in [5, 5.41) is 11.3. The van der Waals surface area contributed by atoms with Gasteiger partial charge in [0.05, 0.1) is 19.8 Å². The predicted molar refractivity (Wildman–Crippen MR) is 55.3 cm³/mol. The monoisotopic (exact) mass is 217 g/mol. The Balaban J connectivity index is 2.07. The molecule has 0 spiro atoms. The van der Waals surface area contributed by atoms with Gasteiger partial charge in [0.1, 0.15) is 6.04 Å². The minimum Gasteiger partial charge on any atom is -0.394 e. The summed E-state index contributed by atoms with van der Waals surface area (Å²) < 4.78 is 5.20. The van der Waals surface area contributed by atoms with Crippen LogP contribution in [0.1, 0.15) is 0 Å². The van der Waals surface area contributed by atoms with Gasteiger partial charge in [-0.25, -0.2) is 0 Å². The van der Waals surface area contributed by atoms with Crippen molar-refractivity contribution in [2.45, 2.75) is 6.04 Å². The van der Waals surface area contributed by atoms with E-state index in [1.807, 2.05) is 0 Å². The van der Waals surface area contributed by atoms with Crippen LogP contribution in [0.3, 0.4) is 0 Å². The van der Waals surface area contributed by atoms with Crippen LogP contribution in [0.25, 0.3) is 0 Å². The maximum atomic E-state index is 11.2. The van der Waals surface area contributed by atoms with Crippen LogP contribution in [-0.4, -0.2) is 68.0 Å². The Kier molecular flexibility index (Phi) is 5.56. The first-order chi connectivity index (χ1) is 7.24. The largest absolute Gasteiger partial charge is 0.394 e. The summed E-state index contributed by atoms with van der Waals surface area (Å²) in [6.07, 6.45) is 0. The number of carbonyl (C=O) groups is 1. The molecule has 1 rings (SSSR count). The summed E-state index contributed by atoms with van der Waals surface area (Å²) in [7, 11) is 0. The summed E-state index contributed by atoms with van der Waals surface area (Å²) in [6, 6.07) is -0.810. The zero-order chi connectivity index (χ0) is 11.1. The molecule has 0 aliphatic carbocycles. The van der Waals surface area contributed by atoms with Crippen molar-refractivity contribution in [1.82, 2.24) is 10.2 Å². The van der Waals surface area contributed by atoms with E-state index < -0.39 is 6.04 Å². The molecule has 1 aliphatic heterocycles. The molecule has 6 nitrogen and oxygen atoms in total. The fourth-order valence-corrected chi connectivity index (χ4v) is 1.38. The van der Waals surface area contributed by atoms with E-state index in [0.29, 0.717) is 6.54 Å². The molecule has 1 saturated heterocycles. The van der Waals surface area contributed by atoms with Crippen LogP contribution in [0.15, 0.2) is 0 Å². The zero-order valence-electron chi connectivity index (χ0n) is 8.82. The van der Waals surface area contributed by atoms with Crippen molar-refractivity contribution in [3.63, 3.8) is 0 Å². The fraction of sp³-hybridized carbons (Fsp3) is 0.889. The number of nitrogens with two attached hydrogens (primary N) is 1. The Morgan fingerprint density at radius 2 is 2.20 bits per heavy atom. The Morgan fingerprint density at radius 3 is 2.80 bits per heavy atom. The van der Waals surface area contributed by atoms with Gasteiger partial charge in [0, 0.05) is 26.2 Å². The van der Waals surface area contributed by atoms with Crippen molar-refractivity contribution in [3.05, 3.63) is 0 Å². The first-order valence-corrected chi connectivity index (χ1v) is 5.18. The van der Waals surface area contributed by atoms with Gasteiger partial charge in [-0.15, -0.1) is 0 Å². The first kappa shape index (κ1) is 12.4. The molecular formula is C9H19N3O3. The van der Waals surface area contributed by atoms with E-state index in [9.17, 15) is 4.79 Å². The summed E-state index contributed by atoms with van der Waals surface area (Å²) in [5.41, 5.74) is 5.34. The standard InChI is InChI=1S/C9H19N3O3/c10-8(7-13)9(14)11-1-2-12-3-5-15-6-4-12/h8,13H,1-7,10H2,(H,11,14). The molecule has 0 bridgehead atoms.